The van der Waals surface area contributed by atoms with E-state index in [1.54, 1.807) is 4.90 Å². The molecule has 1 amide bonds. The van der Waals surface area contributed by atoms with Crippen LogP contribution in [0, 0.1) is 6.92 Å². The zero-order chi connectivity index (χ0) is 22.0. The highest BCUT2D eigenvalue weighted by Crippen LogP contribution is 2.28. The third-order valence-corrected chi connectivity index (χ3v) is 5.80. The van der Waals surface area contributed by atoms with Gasteiger partial charge in [-0.15, -0.1) is 0 Å². The average molecular weight is 434 g/mol. The number of likely N-dealkylation sites (tertiary alicyclic amines) is 2. The first-order valence-electron chi connectivity index (χ1n) is 10.6. The summed E-state index contributed by atoms with van der Waals surface area (Å²) < 4.78 is 28.7. The van der Waals surface area contributed by atoms with Crippen LogP contribution in [0.4, 0.5) is 26.2 Å². The van der Waals surface area contributed by atoms with Crippen LogP contribution in [0.25, 0.3) is 0 Å². The fourth-order valence-electron chi connectivity index (χ4n) is 3.87. The fourth-order valence-corrected chi connectivity index (χ4v) is 3.87. The molecule has 2 fully saturated rings. The molecular weight excluding hydrogens is 406 g/mol. The molecule has 0 radical (unpaired) electrons. The van der Waals surface area contributed by atoms with Crippen LogP contribution >= 0.6 is 0 Å². The second-order valence-corrected chi connectivity index (χ2v) is 8.15. The highest BCUT2D eigenvalue weighted by atomic mass is 19.3. The van der Waals surface area contributed by atoms with E-state index in [0.717, 1.165) is 43.6 Å². The van der Waals surface area contributed by atoms with Gasteiger partial charge in [0.25, 0.3) is 6.43 Å². The van der Waals surface area contributed by atoms with Gasteiger partial charge in [-0.2, -0.15) is 10.1 Å². The lowest BCUT2D eigenvalue weighted by atomic mass is 10.2. The Morgan fingerprint density at radius 1 is 1.32 bits per heavy atom. The van der Waals surface area contributed by atoms with Crippen LogP contribution in [0.2, 0.25) is 0 Å². The minimum absolute atomic E-state index is 0.102. The van der Waals surface area contributed by atoms with Crippen molar-refractivity contribution < 1.29 is 13.6 Å². The van der Waals surface area contributed by atoms with Crippen molar-refractivity contribution in [1.82, 2.24) is 29.5 Å². The molecule has 0 aromatic carbocycles. The van der Waals surface area contributed by atoms with Gasteiger partial charge in [-0.25, -0.2) is 13.8 Å². The summed E-state index contributed by atoms with van der Waals surface area (Å²) in [4.78, 5) is 23.7. The summed E-state index contributed by atoms with van der Waals surface area (Å²) in [6, 6.07) is 0.317. The predicted molar refractivity (Wildman–Crippen MR) is 113 cm³/mol. The van der Waals surface area contributed by atoms with Crippen molar-refractivity contribution in [3.63, 3.8) is 0 Å². The number of alkyl halides is 2. The van der Waals surface area contributed by atoms with Gasteiger partial charge in [0.2, 0.25) is 11.9 Å². The Hall–Kier alpha value is -2.82. The molecule has 2 aromatic rings. The van der Waals surface area contributed by atoms with Gasteiger partial charge in [0, 0.05) is 45.0 Å². The van der Waals surface area contributed by atoms with E-state index in [1.165, 1.54) is 0 Å². The van der Waals surface area contributed by atoms with Crippen LogP contribution in [-0.4, -0.2) is 75.2 Å². The molecule has 31 heavy (non-hydrogen) atoms. The molecule has 0 aliphatic carbocycles. The zero-order valence-corrected chi connectivity index (χ0v) is 17.8. The summed E-state index contributed by atoms with van der Waals surface area (Å²) in [5, 5.41) is 10.7. The molecule has 0 saturated carbocycles. The van der Waals surface area contributed by atoms with Crippen LogP contribution in [0.3, 0.4) is 0 Å². The maximum Gasteiger partial charge on any atom is 0.268 e. The molecule has 1 unspecified atom stereocenters. The fraction of sp³-hybridized carbons (Fsp3) is 0.600. The number of carbonyl (C=O) groups is 1. The van der Waals surface area contributed by atoms with Crippen molar-refractivity contribution in [2.45, 2.75) is 38.7 Å². The monoisotopic (exact) mass is 434 g/mol. The van der Waals surface area contributed by atoms with Gasteiger partial charge >= 0.3 is 0 Å². The van der Waals surface area contributed by atoms with Gasteiger partial charge in [0.1, 0.15) is 5.82 Å². The van der Waals surface area contributed by atoms with Crippen LogP contribution in [0.15, 0.2) is 12.4 Å². The number of halogens is 2. The van der Waals surface area contributed by atoms with Crippen LogP contribution in [-0.2, 0) is 4.79 Å². The summed E-state index contributed by atoms with van der Waals surface area (Å²) >= 11 is 0. The van der Waals surface area contributed by atoms with Gasteiger partial charge in [-0.1, -0.05) is 0 Å². The number of nitrogens with zero attached hydrogens (tertiary/aromatic N) is 6. The molecule has 9 nitrogen and oxygen atoms in total. The van der Waals surface area contributed by atoms with Crippen molar-refractivity contribution in [1.29, 1.82) is 0 Å². The van der Waals surface area contributed by atoms with Crippen LogP contribution in [0.5, 0.6) is 0 Å². The number of hydrogen-bond donors (Lipinski definition) is 2. The molecule has 2 N–H and O–H groups in total. The largest absolute Gasteiger partial charge is 0.369 e. The quantitative estimate of drug-likeness (QED) is 0.463. The topological polar surface area (TPSA) is 91.2 Å². The number of nitrogens with one attached hydrogen (secondary N) is 2. The Bertz CT molecular complexity index is 934. The zero-order valence-electron chi connectivity index (χ0n) is 17.8. The van der Waals surface area contributed by atoms with Crippen molar-refractivity contribution in [2.24, 2.45) is 0 Å². The van der Waals surface area contributed by atoms with E-state index in [9.17, 15) is 13.6 Å². The lowest BCUT2D eigenvalue weighted by molar-refractivity contribution is -0.139. The number of likely N-dealkylation sites (N-methyl/N-ethyl adjacent to an activating group) is 1. The molecule has 1 atom stereocenters. The first-order valence-corrected chi connectivity index (χ1v) is 10.6. The number of rotatable bonds is 9. The number of hydrogen-bond acceptors (Lipinski definition) is 7. The van der Waals surface area contributed by atoms with Gasteiger partial charge in [0.05, 0.1) is 23.0 Å². The smallest absolute Gasteiger partial charge is 0.268 e. The molecule has 2 saturated heterocycles. The molecule has 0 spiro atoms. The Kier molecular flexibility index (Phi) is 6.30. The summed E-state index contributed by atoms with van der Waals surface area (Å²) in [7, 11) is 2.09. The van der Waals surface area contributed by atoms with Gasteiger partial charge in [-0.05, 0) is 33.4 Å². The Labute approximate surface area is 179 Å². The molecule has 2 aliphatic heterocycles. The van der Waals surface area contributed by atoms with Crippen LogP contribution in [0.1, 0.15) is 43.0 Å². The first kappa shape index (κ1) is 21.4. The summed E-state index contributed by atoms with van der Waals surface area (Å²) in [6.45, 7) is 5.68. The van der Waals surface area contributed by atoms with Crippen LogP contribution < -0.4 is 10.6 Å². The maximum atomic E-state index is 13.4. The van der Waals surface area contributed by atoms with Gasteiger partial charge < -0.3 is 20.4 Å². The van der Waals surface area contributed by atoms with Crippen molar-refractivity contribution >= 4 is 23.4 Å². The van der Waals surface area contributed by atoms with E-state index in [4.69, 9.17) is 0 Å². The average Bonchev–Trinajstić information content (AvgIpc) is 3.32. The van der Waals surface area contributed by atoms with E-state index < -0.39 is 6.43 Å². The number of β-lactam (4-membered cyclic amide) rings is 1. The number of carbonyl (C=O) groups excluding carboxylic acids is 1. The van der Waals surface area contributed by atoms with Crippen molar-refractivity contribution in [2.75, 3.05) is 50.4 Å². The highest BCUT2D eigenvalue weighted by Gasteiger charge is 2.24. The number of anilines is 3. The number of aromatic nitrogens is 4. The van der Waals surface area contributed by atoms with Crippen molar-refractivity contribution in [3.05, 3.63) is 23.7 Å². The molecule has 0 bridgehead atoms. The third kappa shape index (κ3) is 4.92. The second kappa shape index (κ2) is 9.13. The molecule has 4 heterocycles. The van der Waals surface area contributed by atoms with E-state index in [0.29, 0.717) is 32.0 Å². The maximum absolute atomic E-state index is 13.4. The molecule has 11 heteroatoms. The minimum Gasteiger partial charge on any atom is -0.369 e. The summed E-state index contributed by atoms with van der Waals surface area (Å²) in [6.07, 6.45) is 2.67. The second-order valence-electron chi connectivity index (χ2n) is 8.15. The summed E-state index contributed by atoms with van der Waals surface area (Å²) in [5.41, 5.74) is 1.30. The molecular formula is C20H28F2N8O. The molecule has 2 aromatic heterocycles. The standard InChI is InChI=1S/C20H28F2N8O/c1-13-16(12-30(27-13)14-4-8-28(2)11-14)25-20-24-10-15(18(21)22)19(26-20)23-6-3-7-29-9-5-17(29)31/h10,12,14,18H,3-9,11H2,1-2H3,(H2,23,24,25,26). The predicted octanol–water partition coefficient (Wildman–Crippen LogP) is 2.57. The van der Waals surface area contributed by atoms with E-state index in [1.807, 2.05) is 17.8 Å². The van der Waals surface area contributed by atoms with E-state index >= 15 is 0 Å². The Morgan fingerprint density at radius 2 is 2.16 bits per heavy atom. The third-order valence-electron chi connectivity index (χ3n) is 5.80. The van der Waals surface area contributed by atoms with Crippen molar-refractivity contribution in [3.8, 4) is 0 Å². The molecule has 4 rings (SSSR count). The minimum atomic E-state index is -2.68. The molecule has 2 aliphatic rings. The Morgan fingerprint density at radius 3 is 2.81 bits per heavy atom. The van der Waals surface area contributed by atoms with E-state index in [-0.39, 0.29) is 23.2 Å². The lowest BCUT2D eigenvalue weighted by Gasteiger charge is -2.30. The number of amides is 1. The SMILES string of the molecule is Cc1nn(C2CCN(C)C2)cc1Nc1ncc(C(F)F)c(NCCCN2CCC2=O)n1. The normalized spacial score (nSPS) is 19.2. The first-order chi connectivity index (χ1) is 14.9. The summed E-state index contributed by atoms with van der Waals surface area (Å²) in [5.74, 6) is 0.475. The Balaban J connectivity index is 1.41. The molecule has 168 valence electrons. The lowest BCUT2D eigenvalue weighted by Crippen LogP contribution is -2.44. The van der Waals surface area contributed by atoms with E-state index in [2.05, 4.69) is 37.6 Å². The highest BCUT2D eigenvalue weighted by molar-refractivity contribution is 5.81. The van der Waals surface area contributed by atoms with Gasteiger partial charge in [-0.3, -0.25) is 9.48 Å². The number of aryl methyl sites for hydroxylation is 1. The van der Waals surface area contributed by atoms with Gasteiger partial charge in [0.15, 0.2) is 0 Å².